The smallest absolute Gasteiger partial charge is 0.264 e. The van der Waals surface area contributed by atoms with Gasteiger partial charge in [-0.05, 0) is 0 Å². The van der Waals surface area contributed by atoms with Crippen molar-refractivity contribution >= 4 is 6.09 Å². The topological polar surface area (TPSA) is 63.6 Å². The van der Waals surface area contributed by atoms with Gasteiger partial charge in [0.15, 0.2) is 6.67 Å². The molecule has 72 valence electrons. The van der Waals surface area contributed by atoms with Gasteiger partial charge in [-0.25, -0.2) is 4.48 Å². The second-order valence-electron chi connectivity index (χ2n) is 3.06. The van der Waals surface area contributed by atoms with Crippen molar-refractivity contribution in [2.45, 2.75) is 0 Å². The molecule has 1 unspecified atom stereocenters. The van der Waals surface area contributed by atoms with Crippen molar-refractivity contribution in [1.29, 1.82) is 0 Å². The van der Waals surface area contributed by atoms with Gasteiger partial charge in [0.25, 0.3) is 6.09 Å². The highest BCUT2D eigenvalue weighted by atomic mass is 16.4. The van der Waals surface area contributed by atoms with Crippen LogP contribution in [0.15, 0.2) is 24.7 Å². The Kier molecular flexibility index (Phi) is 2.57. The molecule has 0 spiro atoms. The Morgan fingerprint density at radius 2 is 2.54 bits per heavy atom. The van der Waals surface area contributed by atoms with Gasteiger partial charge in [0.05, 0.1) is 12.5 Å². The van der Waals surface area contributed by atoms with Crippen LogP contribution in [0.4, 0.5) is 4.79 Å². The SMILES string of the molecule is CN1C=C[N+](CC=CO)(C(=O)[O-])C1. The zero-order chi connectivity index (χ0) is 9.90. The molecule has 1 heterocycles. The lowest BCUT2D eigenvalue weighted by Gasteiger charge is -2.30. The van der Waals surface area contributed by atoms with Gasteiger partial charge in [0.2, 0.25) is 0 Å². The lowest BCUT2D eigenvalue weighted by molar-refractivity contribution is -0.823. The molecule has 1 N–H and O–H groups in total. The summed E-state index contributed by atoms with van der Waals surface area (Å²) in [5.74, 6) is 0. The second-order valence-corrected chi connectivity index (χ2v) is 3.06. The Balaban J connectivity index is 2.78. The predicted molar refractivity (Wildman–Crippen MR) is 44.1 cm³/mol. The molecule has 1 amide bonds. The van der Waals surface area contributed by atoms with E-state index in [1.54, 1.807) is 18.1 Å². The molecule has 0 fully saturated rings. The molecule has 0 aromatic carbocycles. The fourth-order valence-corrected chi connectivity index (χ4v) is 1.28. The van der Waals surface area contributed by atoms with Crippen LogP contribution in [0, 0.1) is 0 Å². The van der Waals surface area contributed by atoms with Crippen LogP contribution >= 0.6 is 0 Å². The molecular weight excluding hydrogens is 172 g/mol. The molecule has 1 aliphatic rings. The number of nitrogens with zero attached hydrogens (tertiary/aromatic N) is 2. The normalized spacial score (nSPS) is 27.3. The van der Waals surface area contributed by atoms with Crippen LogP contribution in [0.5, 0.6) is 0 Å². The predicted octanol–water partition coefficient (Wildman–Crippen LogP) is -0.408. The van der Waals surface area contributed by atoms with Crippen molar-refractivity contribution in [1.82, 2.24) is 4.90 Å². The largest absolute Gasteiger partial charge is 0.516 e. The van der Waals surface area contributed by atoms with Gasteiger partial charge in [-0.1, -0.05) is 0 Å². The highest BCUT2D eigenvalue weighted by Crippen LogP contribution is 2.16. The summed E-state index contributed by atoms with van der Waals surface area (Å²) in [5, 5.41) is 19.3. The average molecular weight is 184 g/mol. The van der Waals surface area contributed by atoms with Crippen LogP contribution < -0.4 is 5.11 Å². The molecule has 5 nitrogen and oxygen atoms in total. The minimum Gasteiger partial charge on any atom is -0.516 e. The van der Waals surface area contributed by atoms with Crippen molar-refractivity contribution in [3.05, 3.63) is 24.7 Å². The summed E-state index contributed by atoms with van der Waals surface area (Å²) in [6.07, 6.45) is 4.28. The molecule has 0 aromatic heterocycles. The fourth-order valence-electron chi connectivity index (χ4n) is 1.28. The molecule has 0 aromatic rings. The van der Waals surface area contributed by atoms with Gasteiger partial charge in [-0.2, -0.15) is 0 Å². The molecule has 0 radical (unpaired) electrons. The van der Waals surface area contributed by atoms with E-state index in [1.165, 1.54) is 12.3 Å². The number of aliphatic hydroxyl groups is 1. The molecular formula is C8H12N2O3. The summed E-state index contributed by atoms with van der Waals surface area (Å²) < 4.78 is -0.298. The number of carbonyl (C=O) groups excluding carboxylic acids is 1. The average Bonchev–Trinajstić information content (AvgIpc) is 2.45. The summed E-state index contributed by atoms with van der Waals surface area (Å²) in [7, 11) is 1.78. The second kappa shape index (κ2) is 3.49. The Hall–Kier alpha value is -1.49. The first-order valence-electron chi connectivity index (χ1n) is 3.88. The van der Waals surface area contributed by atoms with Crippen molar-refractivity contribution in [3.63, 3.8) is 0 Å². The lowest BCUT2D eigenvalue weighted by Crippen LogP contribution is -2.55. The molecule has 0 saturated heterocycles. The molecule has 1 rings (SSSR count). The third-order valence-corrected chi connectivity index (χ3v) is 1.98. The maximum absolute atomic E-state index is 10.8. The van der Waals surface area contributed by atoms with E-state index < -0.39 is 6.09 Å². The first-order chi connectivity index (χ1) is 6.10. The van der Waals surface area contributed by atoms with Gasteiger partial charge >= 0.3 is 0 Å². The highest BCUT2D eigenvalue weighted by Gasteiger charge is 2.32. The summed E-state index contributed by atoms with van der Waals surface area (Å²) in [5.41, 5.74) is 0. The molecule has 0 aliphatic carbocycles. The van der Waals surface area contributed by atoms with E-state index in [-0.39, 0.29) is 11.0 Å². The first kappa shape index (κ1) is 9.60. The zero-order valence-corrected chi connectivity index (χ0v) is 7.38. The number of rotatable bonds is 2. The Morgan fingerprint density at radius 1 is 1.85 bits per heavy atom. The van der Waals surface area contributed by atoms with Crippen LogP contribution in [0.1, 0.15) is 0 Å². The van der Waals surface area contributed by atoms with E-state index in [0.717, 1.165) is 6.26 Å². The number of carboxylic acid groups (broad SMARTS) is 1. The molecule has 1 aliphatic heterocycles. The maximum Gasteiger partial charge on any atom is 0.264 e. The summed E-state index contributed by atoms with van der Waals surface area (Å²) >= 11 is 0. The Bertz CT molecular complexity index is 262. The van der Waals surface area contributed by atoms with E-state index in [9.17, 15) is 9.90 Å². The van der Waals surface area contributed by atoms with Gasteiger partial charge in [0.1, 0.15) is 12.7 Å². The Morgan fingerprint density at radius 3 is 2.92 bits per heavy atom. The van der Waals surface area contributed by atoms with E-state index in [1.807, 2.05) is 0 Å². The Labute approximate surface area is 76.4 Å². The van der Waals surface area contributed by atoms with E-state index in [0.29, 0.717) is 6.67 Å². The van der Waals surface area contributed by atoms with Crippen molar-refractivity contribution < 1.29 is 19.5 Å². The number of hydrogen-bond acceptors (Lipinski definition) is 4. The third kappa shape index (κ3) is 1.81. The van der Waals surface area contributed by atoms with E-state index in [4.69, 9.17) is 5.11 Å². The lowest BCUT2D eigenvalue weighted by atomic mass is 10.4. The van der Waals surface area contributed by atoms with Crippen LogP contribution in [-0.2, 0) is 0 Å². The summed E-state index contributed by atoms with van der Waals surface area (Å²) in [4.78, 5) is 12.6. The van der Waals surface area contributed by atoms with Crippen molar-refractivity contribution in [2.24, 2.45) is 0 Å². The molecule has 1 atom stereocenters. The van der Waals surface area contributed by atoms with E-state index >= 15 is 0 Å². The van der Waals surface area contributed by atoms with Crippen molar-refractivity contribution in [3.8, 4) is 0 Å². The van der Waals surface area contributed by atoms with Crippen LogP contribution in [0.2, 0.25) is 0 Å². The number of carbonyl (C=O) groups is 1. The minimum atomic E-state index is -1.17. The third-order valence-electron chi connectivity index (χ3n) is 1.98. The first-order valence-corrected chi connectivity index (χ1v) is 3.88. The number of quaternary nitrogens is 1. The monoisotopic (exact) mass is 184 g/mol. The van der Waals surface area contributed by atoms with Gasteiger partial charge in [-0.3, -0.25) is 0 Å². The number of aliphatic hydroxyl groups excluding tert-OH is 1. The molecule has 0 bridgehead atoms. The van der Waals surface area contributed by atoms with Crippen LogP contribution in [-0.4, -0.2) is 40.8 Å². The van der Waals surface area contributed by atoms with Crippen molar-refractivity contribution in [2.75, 3.05) is 20.3 Å². The zero-order valence-electron chi connectivity index (χ0n) is 7.38. The highest BCUT2D eigenvalue weighted by molar-refractivity contribution is 5.55. The van der Waals surface area contributed by atoms with Crippen LogP contribution in [0.3, 0.4) is 0 Å². The summed E-state index contributed by atoms with van der Waals surface area (Å²) in [6.45, 7) is 0.520. The minimum absolute atomic E-state index is 0.194. The standard InChI is InChI=1S/C8H12N2O3/c1-9-3-5-10(7-9,8(12)13)4-2-6-11/h2-3,5-6H,4,7H2,1H3,(H-,11,12,13). The molecule has 5 heteroatoms. The maximum atomic E-state index is 10.8. The van der Waals surface area contributed by atoms with Gasteiger partial charge in [0, 0.05) is 13.1 Å². The van der Waals surface area contributed by atoms with Gasteiger partial charge in [-0.15, -0.1) is 0 Å². The van der Waals surface area contributed by atoms with Crippen LogP contribution in [0.25, 0.3) is 0 Å². The summed E-state index contributed by atoms with van der Waals surface area (Å²) in [6, 6.07) is 0. The number of amides is 1. The molecule has 0 saturated carbocycles. The van der Waals surface area contributed by atoms with Gasteiger partial charge < -0.3 is 19.9 Å². The number of hydrogen-bond donors (Lipinski definition) is 1. The fraction of sp³-hybridized carbons (Fsp3) is 0.375. The van der Waals surface area contributed by atoms with E-state index in [2.05, 4.69) is 0 Å². The quantitative estimate of drug-likeness (QED) is 0.468. The molecule has 13 heavy (non-hydrogen) atoms.